The SMILES string of the molecule is O=C1c2ccccc2C(=O)N1CCC(=O)N1CCc2cc(Br)ccc21. The fraction of sp³-hybridized carbons (Fsp3) is 0.211. The standard InChI is InChI=1S/C19H15BrN2O3/c20-13-5-6-16-12(11-13)7-9-21(16)17(23)8-10-22-18(24)14-3-1-2-4-15(14)19(22)25/h1-6,11H,7-10H2. The van der Waals surface area contributed by atoms with Gasteiger partial charge in [-0.25, -0.2) is 0 Å². The van der Waals surface area contributed by atoms with Gasteiger partial charge in [-0.05, 0) is 42.3 Å². The average molecular weight is 399 g/mol. The number of carbonyl (C=O) groups is 3. The van der Waals surface area contributed by atoms with Crippen LogP contribution in [0.3, 0.4) is 0 Å². The Morgan fingerprint density at radius 2 is 1.72 bits per heavy atom. The number of benzene rings is 2. The second-order valence-corrected chi connectivity index (χ2v) is 7.04. The summed E-state index contributed by atoms with van der Waals surface area (Å²) in [7, 11) is 0. The van der Waals surface area contributed by atoms with E-state index < -0.39 is 0 Å². The molecule has 0 aromatic heterocycles. The van der Waals surface area contributed by atoms with Crippen LogP contribution >= 0.6 is 15.9 Å². The molecule has 2 aliphatic rings. The van der Waals surface area contributed by atoms with Gasteiger partial charge in [0.15, 0.2) is 0 Å². The molecule has 2 aromatic rings. The molecule has 126 valence electrons. The van der Waals surface area contributed by atoms with Crippen LogP contribution in [0.4, 0.5) is 5.69 Å². The zero-order valence-corrected chi connectivity index (χ0v) is 15.0. The summed E-state index contributed by atoms with van der Waals surface area (Å²) >= 11 is 3.44. The number of amides is 3. The van der Waals surface area contributed by atoms with E-state index in [0.29, 0.717) is 17.7 Å². The summed E-state index contributed by atoms with van der Waals surface area (Å²) in [6.45, 7) is 0.736. The first kappa shape index (κ1) is 16.0. The van der Waals surface area contributed by atoms with E-state index in [1.807, 2.05) is 18.2 Å². The number of hydrogen-bond acceptors (Lipinski definition) is 3. The lowest BCUT2D eigenvalue weighted by molar-refractivity contribution is -0.118. The van der Waals surface area contributed by atoms with Crippen molar-refractivity contribution in [2.45, 2.75) is 12.8 Å². The van der Waals surface area contributed by atoms with Gasteiger partial charge < -0.3 is 4.90 Å². The quantitative estimate of drug-likeness (QED) is 0.746. The molecule has 2 aromatic carbocycles. The van der Waals surface area contributed by atoms with Crippen molar-refractivity contribution >= 4 is 39.3 Å². The molecule has 0 saturated heterocycles. The van der Waals surface area contributed by atoms with Crippen LogP contribution in [-0.2, 0) is 11.2 Å². The molecule has 0 N–H and O–H groups in total. The molecule has 0 saturated carbocycles. The highest BCUT2D eigenvalue weighted by molar-refractivity contribution is 9.10. The number of fused-ring (bicyclic) bond motifs is 2. The van der Waals surface area contributed by atoms with Crippen LogP contribution in [0.2, 0.25) is 0 Å². The molecular formula is C19H15BrN2O3. The summed E-state index contributed by atoms with van der Waals surface area (Å²) < 4.78 is 0.992. The molecule has 0 atom stereocenters. The molecule has 3 amide bonds. The molecule has 6 heteroatoms. The molecule has 4 rings (SSSR count). The summed E-state index contributed by atoms with van der Waals surface area (Å²) in [5.74, 6) is -0.712. The fourth-order valence-corrected chi connectivity index (χ4v) is 3.82. The molecule has 0 aliphatic carbocycles. The molecule has 0 unspecified atom stereocenters. The molecule has 2 aliphatic heterocycles. The van der Waals surface area contributed by atoms with E-state index in [-0.39, 0.29) is 30.7 Å². The second kappa shape index (κ2) is 6.11. The summed E-state index contributed by atoms with van der Waals surface area (Å²) in [5.41, 5.74) is 2.87. The Hall–Kier alpha value is -2.47. The van der Waals surface area contributed by atoms with Gasteiger partial charge in [0.1, 0.15) is 0 Å². The second-order valence-electron chi connectivity index (χ2n) is 6.13. The lowest BCUT2D eigenvalue weighted by atomic mass is 10.1. The third-order valence-corrected chi connectivity index (χ3v) is 5.16. The third kappa shape index (κ3) is 2.66. The maximum absolute atomic E-state index is 12.6. The molecule has 0 fully saturated rings. The molecule has 2 heterocycles. The van der Waals surface area contributed by atoms with Crippen LogP contribution in [0.25, 0.3) is 0 Å². The number of anilines is 1. The molecule has 0 bridgehead atoms. The minimum absolute atomic E-state index is 0.0716. The van der Waals surface area contributed by atoms with Gasteiger partial charge in [0.05, 0.1) is 11.1 Å². The highest BCUT2D eigenvalue weighted by atomic mass is 79.9. The Morgan fingerprint density at radius 3 is 2.40 bits per heavy atom. The van der Waals surface area contributed by atoms with Crippen molar-refractivity contribution in [3.63, 3.8) is 0 Å². The largest absolute Gasteiger partial charge is 0.312 e. The highest BCUT2D eigenvalue weighted by Gasteiger charge is 2.35. The van der Waals surface area contributed by atoms with Gasteiger partial charge in [-0.3, -0.25) is 19.3 Å². The van der Waals surface area contributed by atoms with E-state index in [1.165, 1.54) is 4.90 Å². The van der Waals surface area contributed by atoms with Crippen molar-refractivity contribution in [1.29, 1.82) is 0 Å². The predicted molar refractivity (Wildman–Crippen MR) is 96.6 cm³/mol. The minimum atomic E-state index is -0.320. The number of hydrogen-bond donors (Lipinski definition) is 0. The van der Waals surface area contributed by atoms with E-state index in [0.717, 1.165) is 22.1 Å². The van der Waals surface area contributed by atoms with Crippen LogP contribution in [0, 0.1) is 0 Å². The molecule has 0 spiro atoms. The van der Waals surface area contributed by atoms with E-state index in [4.69, 9.17) is 0 Å². The minimum Gasteiger partial charge on any atom is -0.312 e. The lowest BCUT2D eigenvalue weighted by Crippen LogP contribution is -2.36. The van der Waals surface area contributed by atoms with Crippen molar-refractivity contribution in [2.75, 3.05) is 18.0 Å². The van der Waals surface area contributed by atoms with Crippen LogP contribution in [0.5, 0.6) is 0 Å². The van der Waals surface area contributed by atoms with Gasteiger partial charge in [0.2, 0.25) is 5.91 Å². The van der Waals surface area contributed by atoms with Crippen molar-refractivity contribution in [1.82, 2.24) is 4.90 Å². The normalized spacial score (nSPS) is 15.6. The zero-order chi connectivity index (χ0) is 17.6. The van der Waals surface area contributed by atoms with E-state index >= 15 is 0 Å². The highest BCUT2D eigenvalue weighted by Crippen LogP contribution is 2.31. The smallest absolute Gasteiger partial charge is 0.261 e. The number of imide groups is 1. The van der Waals surface area contributed by atoms with Crippen molar-refractivity contribution < 1.29 is 14.4 Å². The van der Waals surface area contributed by atoms with Crippen LogP contribution in [-0.4, -0.2) is 35.7 Å². The summed E-state index contributed by atoms with van der Waals surface area (Å²) in [6, 6.07) is 12.6. The van der Waals surface area contributed by atoms with Crippen LogP contribution in [0.15, 0.2) is 46.9 Å². The lowest BCUT2D eigenvalue weighted by Gasteiger charge is -2.19. The Bertz CT molecular complexity index is 874. The number of rotatable bonds is 3. The topological polar surface area (TPSA) is 57.7 Å². The first-order valence-corrected chi connectivity index (χ1v) is 8.89. The monoisotopic (exact) mass is 398 g/mol. The summed E-state index contributed by atoms with van der Waals surface area (Å²) in [5, 5.41) is 0. The van der Waals surface area contributed by atoms with Gasteiger partial charge in [0, 0.05) is 29.7 Å². The van der Waals surface area contributed by atoms with Gasteiger partial charge in [-0.2, -0.15) is 0 Å². The van der Waals surface area contributed by atoms with Crippen LogP contribution in [0.1, 0.15) is 32.7 Å². The van der Waals surface area contributed by atoms with Gasteiger partial charge >= 0.3 is 0 Å². The third-order valence-electron chi connectivity index (χ3n) is 4.67. The first-order valence-electron chi connectivity index (χ1n) is 8.10. The van der Waals surface area contributed by atoms with Crippen molar-refractivity contribution in [3.05, 3.63) is 63.6 Å². The molecule has 25 heavy (non-hydrogen) atoms. The van der Waals surface area contributed by atoms with Crippen LogP contribution < -0.4 is 4.90 Å². The summed E-state index contributed by atoms with van der Waals surface area (Å²) in [4.78, 5) is 40.2. The fourth-order valence-electron chi connectivity index (χ4n) is 3.41. The summed E-state index contributed by atoms with van der Waals surface area (Å²) in [6.07, 6.45) is 0.939. The van der Waals surface area contributed by atoms with Crippen molar-refractivity contribution in [3.8, 4) is 0 Å². The zero-order valence-electron chi connectivity index (χ0n) is 13.4. The molecule has 5 nitrogen and oxygen atoms in total. The Kier molecular flexibility index (Phi) is 3.92. The van der Waals surface area contributed by atoms with Crippen molar-refractivity contribution in [2.24, 2.45) is 0 Å². The molecule has 0 radical (unpaired) electrons. The van der Waals surface area contributed by atoms with E-state index in [1.54, 1.807) is 29.2 Å². The predicted octanol–water partition coefficient (Wildman–Crippen LogP) is 3.02. The Labute approximate surface area is 153 Å². The maximum Gasteiger partial charge on any atom is 0.261 e. The first-order chi connectivity index (χ1) is 12.1. The number of halogens is 1. The Balaban J connectivity index is 1.46. The average Bonchev–Trinajstić information content (AvgIpc) is 3.13. The van der Waals surface area contributed by atoms with Gasteiger partial charge in [0.25, 0.3) is 11.8 Å². The van der Waals surface area contributed by atoms with Gasteiger partial charge in [-0.1, -0.05) is 28.1 Å². The maximum atomic E-state index is 12.6. The van der Waals surface area contributed by atoms with E-state index in [2.05, 4.69) is 15.9 Å². The molecular weight excluding hydrogens is 384 g/mol. The van der Waals surface area contributed by atoms with E-state index in [9.17, 15) is 14.4 Å². The Morgan fingerprint density at radius 1 is 1.04 bits per heavy atom. The number of carbonyl (C=O) groups excluding carboxylic acids is 3. The van der Waals surface area contributed by atoms with Gasteiger partial charge in [-0.15, -0.1) is 0 Å². The number of nitrogens with zero attached hydrogens (tertiary/aromatic N) is 2.